The van der Waals surface area contributed by atoms with E-state index in [-0.39, 0.29) is 5.91 Å². The molecule has 29 heavy (non-hydrogen) atoms. The number of pyridine rings is 1. The number of carbonyl (C=O) groups excluding carboxylic acids is 1. The third-order valence-electron chi connectivity index (χ3n) is 5.08. The Morgan fingerprint density at radius 1 is 1.10 bits per heavy atom. The quantitative estimate of drug-likeness (QED) is 0.548. The number of hydrazone groups is 1. The smallest absolute Gasteiger partial charge is 0.272 e. The number of ether oxygens (including phenoxy) is 1. The standard InChI is InChI=1S/C23H24N4O2/c1-16-15-21(20-5-3-4-6-22(20)24-16)23(28)26-25-17(2)18-7-9-19(10-8-18)27-11-13-29-14-12-27/h3-10,15H,11-14H2,1-2H3,(H,26,28)/b25-17+. The molecule has 1 fully saturated rings. The number of nitrogens with one attached hydrogen (secondary N) is 1. The fourth-order valence-electron chi connectivity index (χ4n) is 3.49. The van der Waals surface area contributed by atoms with E-state index >= 15 is 0 Å². The van der Waals surface area contributed by atoms with Gasteiger partial charge >= 0.3 is 0 Å². The maximum absolute atomic E-state index is 12.7. The largest absolute Gasteiger partial charge is 0.378 e. The van der Waals surface area contributed by atoms with Gasteiger partial charge in [0.25, 0.3) is 5.91 Å². The molecule has 0 bridgehead atoms. The minimum absolute atomic E-state index is 0.240. The second kappa shape index (κ2) is 8.41. The minimum Gasteiger partial charge on any atom is -0.378 e. The molecule has 6 nitrogen and oxygen atoms in total. The van der Waals surface area contributed by atoms with E-state index in [1.54, 1.807) is 6.07 Å². The summed E-state index contributed by atoms with van der Waals surface area (Å²) in [5.74, 6) is -0.240. The van der Waals surface area contributed by atoms with Crippen LogP contribution in [0.1, 0.15) is 28.5 Å². The Hall–Kier alpha value is -3.25. The van der Waals surface area contributed by atoms with Gasteiger partial charge in [-0.25, -0.2) is 5.43 Å². The lowest BCUT2D eigenvalue weighted by Gasteiger charge is -2.28. The summed E-state index contributed by atoms with van der Waals surface area (Å²) in [6, 6.07) is 17.6. The number of carbonyl (C=O) groups is 1. The lowest BCUT2D eigenvalue weighted by Crippen LogP contribution is -2.36. The third kappa shape index (κ3) is 4.27. The summed E-state index contributed by atoms with van der Waals surface area (Å²) in [5.41, 5.74) is 7.76. The van der Waals surface area contributed by atoms with E-state index in [4.69, 9.17) is 4.74 Å². The first kappa shape index (κ1) is 19.1. The number of aromatic nitrogens is 1. The number of para-hydroxylation sites is 1. The monoisotopic (exact) mass is 388 g/mol. The van der Waals surface area contributed by atoms with Gasteiger partial charge in [0.1, 0.15) is 0 Å². The number of morpholine rings is 1. The number of hydrogen-bond acceptors (Lipinski definition) is 5. The molecular weight excluding hydrogens is 364 g/mol. The second-order valence-corrected chi connectivity index (χ2v) is 7.11. The van der Waals surface area contributed by atoms with E-state index in [9.17, 15) is 4.79 Å². The molecule has 2 aromatic carbocycles. The van der Waals surface area contributed by atoms with Gasteiger partial charge in [-0.05, 0) is 43.7 Å². The van der Waals surface area contributed by atoms with Crippen LogP contribution in [0.4, 0.5) is 5.69 Å². The van der Waals surface area contributed by atoms with Crippen LogP contribution in [0.15, 0.2) is 59.7 Å². The number of benzene rings is 2. The molecule has 0 aliphatic carbocycles. The normalized spacial score (nSPS) is 14.8. The van der Waals surface area contributed by atoms with Crippen molar-refractivity contribution < 1.29 is 9.53 Å². The van der Waals surface area contributed by atoms with Crippen LogP contribution < -0.4 is 10.3 Å². The minimum atomic E-state index is -0.240. The highest BCUT2D eigenvalue weighted by atomic mass is 16.5. The van der Waals surface area contributed by atoms with Crippen molar-refractivity contribution >= 4 is 28.2 Å². The molecule has 148 valence electrons. The maximum atomic E-state index is 12.7. The van der Waals surface area contributed by atoms with Crippen molar-refractivity contribution in [2.24, 2.45) is 5.10 Å². The first-order chi connectivity index (χ1) is 14.1. The molecule has 1 aliphatic heterocycles. The van der Waals surface area contributed by atoms with Crippen molar-refractivity contribution in [3.63, 3.8) is 0 Å². The second-order valence-electron chi connectivity index (χ2n) is 7.11. The van der Waals surface area contributed by atoms with Crippen molar-refractivity contribution in [1.29, 1.82) is 0 Å². The molecule has 0 unspecified atom stereocenters. The Labute approximate surface area is 170 Å². The molecule has 1 aliphatic rings. The van der Waals surface area contributed by atoms with Crippen LogP contribution in [0.3, 0.4) is 0 Å². The van der Waals surface area contributed by atoms with E-state index in [2.05, 4.69) is 32.5 Å². The van der Waals surface area contributed by atoms with Gasteiger partial charge in [0.2, 0.25) is 0 Å². The molecule has 0 atom stereocenters. The van der Waals surface area contributed by atoms with Gasteiger partial charge in [-0.3, -0.25) is 9.78 Å². The zero-order chi connectivity index (χ0) is 20.2. The summed E-state index contributed by atoms with van der Waals surface area (Å²) in [4.78, 5) is 19.5. The van der Waals surface area contributed by atoms with Crippen LogP contribution in [0.5, 0.6) is 0 Å². The fraction of sp³-hybridized carbons (Fsp3) is 0.261. The highest BCUT2D eigenvalue weighted by Crippen LogP contribution is 2.19. The van der Waals surface area contributed by atoms with Crippen LogP contribution in [0.2, 0.25) is 0 Å². The zero-order valence-corrected chi connectivity index (χ0v) is 16.7. The molecule has 0 spiro atoms. The molecule has 1 amide bonds. The topological polar surface area (TPSA) is 66.8 Å². The van der Waals surface area contributed by atoms with Crippen molar-refractivity contribution in [1.82, 2.24) is 10.4 Å². The van der Waals surface area contributed by atoms with Crippen LogP contribution in [-0.2, 0) is 4.74 Å². The Bertz CT molecular complexity index is 1050. The van der Waals surface area contributed by atoms with Gasteiger partial charge in [0.05, 0.1) is 30.0 Å². The van der Waals surface area contributed by atoms with E-state index in [1.807, 2.05) is 50.2 Å². The zero-order valence-electron chi connectivity index (χ0n) is 16.7. The van der Waals surface area contributed by atoms with Crippen molar-refractivity contribution in [3.8, 4) is 0 Å². The Morgan fingerprint density at radius 2 is 1.83 bits per heavy atom. The molecular formula is C23H24N4O2. The average Bonchev–Trinajstić information content (AvgIpc) is 2.77. The summed E-state index contributed by atoms with van der Waals surface area (Å²) >= 11 is 0. The molecule has 1 N–H and O–H groups in total. The first-order valence-corrected chi connectivity index (χ1v) is 9.76. The summed E-state index contributed by atoms with van der Waals surface area (Å²) in [6.07, 6.45) is 0. The summed E-state index contributed by atoms with van der Waals surface area (Å²) in [7, 11) is 0. The highest BCUT2D eigenvalue weighted by Gasteiger charge is 2.13. The van der Waals surface area contributed by atoms with Gasteiger partial charge in [0.15, 0.2) is 0 Å². The average molecular weight is 388 g/mol. The van der Waals surface area contributed by atoms with Crippen molar-refractivity contribution in [2.45, 2.75) is 13.8 Å². The van der Waals surface area contributed by atoms with Crippen LogP contribution in [0.25, 0.3) is 10.9 Å². The molecule has 1 aromatic heterocycles. The number of anilines is 1. The van der Waals surface area contributed by atoms with E-state index < -0.39 is 0 Å². The lowest BCUT2D eigenvalue weighted by molar-refractivity contribution is 0.0956. The number of nitrogens with zero attached hydrogens (tertiary/aromatic N) is 3. The summed E-state index contributed by atoms with van der Waals surface area (Å²) in [5, 5.41) is 5.13. The fourth-order valence-corrected chi connectivity index (χ4v) is 3.49. The predicted molar refractivity (Wildman–Crippen MR) is 116 cm³/mol. The van der Waals surface area contributed by atoms with Crippen LogP contribution in [-0.4, -0.2) is 42.9 Å². The molecule has 2 heterocycles. The third-order valence-corrected chi connectivity index (χ3v) is 5.08. The Balaban J connectivity index is 1.49. The van der Waals surface area contributed by atoms with Gasteiger partial charge in [0, 0.05) is 29.9 Å². The van der Waals surface area contributed by atoms with E-state index in [0.29, 0.717) is 5.56 Å². The molecule has 0 radical (unpaired) electrons. The van der Waals surface area contributed by atoms with Crippen molar-refractivity contribution in [2.75, 3.05) is 31.2 Å². The number of aryl methyl sites for hydroxylation is 1. The molecule has 3 aromatic rings. The highest BCUT2D eigenvalue weighted by molar-refractivity contribution is 6.07. The Kier molecular flexibility index (Phi) is 5.53. The Morgan fingerprint density at radius 3 is 2.59 bits per heavy atom. The number of amides is 1. The SMILES string of the molecule is C/C(=N\NC(=O)c1cc(C)nc2ccccc12)c1ccc(N2CCOCC2)cc1. The molecule has 6 heteroatoms. The van der Waals surface area contributed by atoms with E-state index in [1.165, 1.54) is 5.69 Å². The van der Waals surface area contributed by atoms with Gasteiger partial charge < -0.3 is 9.64 Å². The van der Waals surface area contributed by atoms with E-state index in [0.717, 1.165) is 54.2 Å². The molecule has 1 saturated heterocycles. The van der Waals surface area contributed by atoms with Gasteiger partial charge in [-0.2, -0.15) is 5.10 Å². The predicted octanol–water partition coefficient (Wildman–Crippen LogP) is 3.53. The van der Waals surface area contributed by atoms with Gasteiger partial charge in [-0.15, -0.1) is 0 Å². The van der Waals surface area contributed by atoms with Crippen LogP contribution >= 0.6 is 0 Å². The number of rotatable bonds is 4. The molecule has 0 saturated carbocycles. The van der Waals surface area contributed by atoms with Crippen LogP contribution in [0, 0.1) is 6.92 Å². The number of hydrogen-bond donors (Lipinski definition) is 1. The summed E-state index contributed by atoms with van der Waals surface area (Å²) in [6.45, 7) is 7.10. The van der Waals surface area contributed by atoms with Crippen molar-refractivity contribution in [3.05, 3.63) is 71.4 Å². The molecule has 4 rings (SSSR count). The maximum Gasteiger partial charge on any atom is 0.272 e. The lowest BCUT2D eigenvalue weighted by atomic mass is 10.1. The first-order valence-electron chi connectivity index (χ1n) is 9.76. The number of fused-ring (bicyclic) bond motifs is 1. The summed E-state index contributed by atoms with van der Waals surface area (Å²) < 4.78 is 5.40. The van der Waals surface area contributed by atoms with Gasteiger partial charge in [-0.1, -0.05) is 30.3 Å².